The Labute approximate surface area is 92.8 Å². The van der Waals surface area contributed by atoms with Crippen LogP contribution in [0.5, 0.6) is 0 Å². The molecule has 0 bridgehead atoms. The van der Waals surface area contributed by atoms with E-state index in [0.717, 1.165) is 6.33 Å². The number of nitrogens with one attached hydrogen (secondary N) is 2. The number of hydrogen-bond donors (Lipinski definition) is 2. The molecule has 4 nitrogen and oxygen atoms in total. The standard InChI is InChI=1S/C8H7ClF3N3O/c9-4-5(13-3-14-6(4)16)15-7(1-2-7)8(10,11)12/h3H,1-2H2,(H2,13,14,15,16). The normalized spacial score (nSPS) is 18.2. The minimum absolute atomic E-state index is 0.0404. The second kappa shape index (κ2) is 3.38. The highest BCUT2D eigenvalue weighted by Crippen LogP contribution is 2.51. The Morgan fingerprint density at radius 2 is 2.12 bits per heavy atom. The van der Waals surface area contributed by atoms with Gasteiger partial charge in [0.05, 0.1) is 6.33 Å². The number of hydrogen-bond acceptors (Lipinski definition) is 3. The van der Waals surface area contributed by atoms with Crippen LogP contribution >= 0.6 is 11.6 Å². The van der Waals surface area contributed by atoms with E-state index < -0.39 is 17.3 Å². The molecule has 1 fully saturated rings. The lowest BCUT2D eigenvalue weighted by molar-refractivity contribution is -0.151. The quantitative estimate of drug-likeness (QED) is 0.847. The maximum Gasteiger partial charge on any atom is 0.411 e. The van der Waals surface area contributed by atoms with E-state index in [9.17, 15) is 18.0 Å². The number of H-pyrrole nitrogens is 1. The minimum atomic E-state index is -4.37. The predicted octanol–water partition coefficient (Wildman–Crippen LogP) is 1.93. The van der Waals surface area contributed by atoms with Crippen LogP contribution in [0.15, 0.2) is 11.1 Å². The molecular weight excluding hydrogens is 247 g/mol. The highest BCUT2D eigenvalue weighted by atomic mass is 35.5. The number of nitrogens with zero attached hydrogens (tertiary/aromatic N) is 1. The minimum Gasteiger partial charge on any atom is -0.355 e. The van der Waals surface area contributed by atoms with Crippen molar-refractivity contribution in [2.75, 3.05) is 5.32 Å². The van der Waals surface area contributed by atoms with Crippen molar-refractivity contribution < 1.29 is 13.2 Å². The van der Waals surface area contributed by atoms with E-state index in [-0.39, 0.29) is 23.7 Å². The van der Waals surface area contributed by atoms with Gasteiger partial charge in [0.1, 0.15) is 10.6 Å². The average Bonchev–Trinajstić information content (AvgIpc) is 2.93. The first-order valence-electron chi connectivity index (χ1n) is 4.44. The van der Waals surface area contributed by atoms with Gasteiger partial charge in [-0.05, 0) is 12.8 Å². The van der Waals surface area contributed by atoms with Crippen molar-refractivity contribution >= 4 is 17.4 Å². The molecule has 8 heteroatoms. The molecule has 1 saturated carbocycles. The zero-order chi connectivity index (χ0) is 12.0. The number of halogens is 4. The van der Waals surface area contributed by atoms with Crippen molar-refractivity contribution in [1.82, 2.24) is 9.97 Å². The van der Waals surface area contributed by atoms with Crippen molar-refractivity contribution in [1.29, 1.82) is 0 Å². The maximum atomic E-state index is 12.6. The zero-order valence-corrected chi connectivity index (χ0v) is 8.61. The highest BCUT2D eigenvalue weighted by molar-refractivity contribution is 6.32. The monoisotopic (exact) mass is 253 g/mol. The molecule has 88 valence electrons. The fraction of sp³-hybridized carbons (Fsp3) is 0.500. The van der Waals surface area contributed by atoms with Gasteiger partial charge >= 0.3 is 6.18 Å². The fourth-order valence-corrected chi connectivity index (χ4v) is 1.45. The number of aromatic amines is 1. The van der Waals surface area contributed by atoms with E-state index in [2.05, 4.69) is 15.3 Å². The molecule has 1 aromatic rings. The Morgan fingerprint density at radius 3 is 2.62 bits per heavy atom. The van der Waals surface area contributed by atoms with Gasteiger partial charge in [0.2, 0.25) is 0 Å². The Bertz CT molecular complexity index is 466. The van der Waals surface area contributed by atoms with Crippen molar-refractivity contribution in [3.05, 3.63) is 21.7 Å². The Kier molecular flexibility index (Phi) is 2.37. The Balaban J connectivity index is 2.29. The van der Waals surface area contributed by atoms with Crippen molar-refractivity contribution in [3.63, 3.8) is 0 Å². The maximum absolute atomic E-state index is 12.6. The third-order valence-electron chi connectivity index (χ3n) is 2.45. The van der Waals surface area contributed by atoms with Gasteiger partial charge in [-0.3, -0.25) is 4.79 Å². The van der Waals surface area contributed by atoms with Crippen LogP contribution in [0.25, 0.3) is 0 Å². The van der Waals surface area contributed by atoms with Gasteiger partial charge in [-0.1, -0.05) is 11.6 Å². The summed E-state index contributed by atoms with van der Waals surface area (Å²) in [5, 5.41) is 1.83. The molecule has 0 radical (unpaired) electrons. The van der Waals surface area contributed by atoms with Crippen LogP contribution in [0, 0.1) is 0 Å². The first-order chi connectivity index (χ1) is 7.36. The molecule has 0 saturated heterocycles. The second-order valence-corrected chi connectivity index (χ2v) is 3.98. The van der Waals surface area contributed by atoms with Crippen molar-refractivity contribution in [2.45, 2.75) is 24.6 Å². The number of alkyl halides is 3. The SMILES string of the molecule is O=c1[nH]cnc(NC2(C(F)(F)F)CC2)c1Cl. The average molecular weight is 254 g/mol. The summed E-state index contributed by atoms with van der Waals surface area (Å²) >= 11 is 5.54. The molecule has 0 aromatic carbocycles. The van der Waals surface area contributed by atoms with Gasteiger partial charge in [-0.2, -0.15) is 13.2 Å². The van der Waals surface area contributed by atoms with E-state index in [1.54, 1.807) is 0 Å². The third-order valence-corrected chi connectivity index (χ3v) is 2.80. The molecule has 0 spiro atoms. The Morgan fingerprint density at radius 1 is 1.50 bits per heavy atom. The highest BCUT2D eigenvalue weighted by Gasteiger charge is 2.63. The summed E-state index contributed by atoms with van der Waals surface area (Å²) in [7, 11) is 0. The van der Waals surface area contributed by atoms with E-state index in [4.69, 9.17) is 11.6 Å². The van der Waals surface area contributed by atoms with Crippen LogP contribution < -0.4 is 10.9 Å². The summed E-state index contributed by atoms with van der Waals surface area (Å²) in [6.07, 6.45) is -3.45. The van der Waals surface area contributed by atoms with Crippen LogP contribution in [-0.4, -0.2) is 21.7 Å². The van der Waals surface area contributed by atoms with Crippen molar-refractivity contribution in [3.8, 4) is 0 Å². The molecular formula is C8H7ClF3N3O. The first-order valence-corrected chi connectivity index (χ1v) is 4.82. The molecule has 0 atom stereocenters. The summed E-state index contributed by atoms with van der Waals surface area (Å²) < 4.78 is 37.8. The number of anilines is 1. The molecule has 2 N–H and O–H groups in total. The second-order valence-electron chi connectivity index (χ2n) is 3.60. The van der Waals surface area contributed by atoms with Crippen molar-refractivity contribution in [2.24, 2.45) is 0 Å². The lowest BCUT2D eigenvalue weighted by atomic mass is 10.2. The van der Waals surface area contributed by atoms with Gasteiger partial charge in [0.25, 0.3) is 5.56 Å². The molecule has 0 aliphatic heterocycles. The zero-order valence-electron chi connectivity index (χ0n) is 7.86. The lowest BCUT2D eigenvalue weighted by Crippen LogP contribution is -2.39. The molecule has 2 rings (SSSR count). The number of rotatable bonds is 2. The fourth-order valence-electron chi connectivity index (χ4n) is 1.30. The predicted molar refractivity (Wildman–Crippen MR) is 51.5 cm³/mol. The largest absolute Gasteiger partial charge is 0.411 e. The van der Waals surface area contributed by atoms with E-state index in [1.165, 1.54) is 0 Å². The van der Waals surface area contributed by atoms with Crippen LogP contribution in [0.1, 0.15) is 12.8 Å². The van der Waals surface area contributed by atoms with E-state index >= 15 is 0 Å². The van der Waals surface area contributed by atoms with E-state index in [1.807, 2.05) is 0 Å². The lowest BCUT2D eigenvalue weighted by Gasteiger charge is -2.21. The summed E-state index contributed by atoms with van der Waals surface area (Å²) in [6, 6.07) is 0. The number of aromatic nitrogens is 2. The van der Waals surface area contributed by atoms with Crippen LogP contribution in [0.2, 0.25) is 5.02 Å². The third kappa shape index (κ3) is 1.75. The molecule has 1 aliphatic rings. The van der Waals surface area contributed by atoms with Gasteiger partial charge < -0.3 is 10.3 Å². The van der Waals surface area contributed by atoms with E-state index in [0.29, 0.717) is 0 Å². The van der Waals surface area contributed by atoms with Gasteiger partial charge in [0.15, 0.2) is 5.82 Å². The van der Waals surface area contributed by atoms with Gasteiger partial charge in [0, 0.05) is 0 Å². The topological polar surface area (TPSA) is 57.8 Å². The first kappa shape index (κ1) is 11.3. The van der Waals surface area contributed by atoms with Gasteiger partial charge in [-0.15, -0.1) is 0 Å². The molecule has 0 amide bonds. The summed E-state index contributed by atoms with van der Waals surface area (Å²) in [5.41, 5.74) is -2.64. The Hall–Kier alpha value is -1.24. The van der Waals surface area contributed by atoms with Gasteiger partial charge in [-0.25, -0.2) is 4.98 Å². The molecule has 0 unspecified atom stereocenters. The smallest absolute Gasteiger partial charge is 0.355 e. The van der Waals surface area contributed by atoms with Crippen LogP contribution in [-0.2, 0) is 0 Å². The molecule has 16 heavy (non-hydrogen) atoms. The van der Waals surface area contributed by atoms with Crippen LogP contribution in [0.3, 0.4) is 0 Å². The molecule has 1 heterocycles. The molecule has 1 aliphatic carbocycles. The molecule has 1 aromatic heterocycles. The summed E-state index contributed by atoms with van der Waals surface area (Å²) in [6.45, 7) is 0. The summed E-state index contributed by atoms with van der Waals surface area (Å²) in [5.74, 6) is -0.236. The van der Waals surface area contributed by atoms with Crippen LogP contribution in [0.4, 0.5) is 19.0 Å². The summed E-state index contributed by atoms with van der Waals surface area (Å²) in [4.78, 5) is 16.8.